The maximum absolute atomic E-state index is 12.8. The highest BCUT2D eigenvalue weighted by Gasteiger charge is 2.37. The molecule has 1 fully saturated rings. The van der Waals surface area contributed by atoms with Crippen molar-refractivity contribution in [1.82, 2.24) is 9.29 Å². The molecule has 0 amide bonds. The molecule has 1 heterocycles. The van der Waals surface area contributed by atoms with Gasteiger partial charge in [0.2, 0.25) is 10.0 Å². The van der Waals surface area contributed by atoms with Crippen LogP contribution in [0, 0.1) is 6.92 Å². The fourth-order valence-electron chi connectivity index (χ4n) is 2.54. The predicted molar refractivity (Wildman–Crippen MR) is 86.6 cm³/mol. The van der Waals surface area contributed by atoms with Gasteiger partial charge in [-0.2, -0.15) is 4.31 Å². The zero-order valence-corrected chi connectivity index (χ0v) is 13.5. The van der Waals surface area contributed by atoms with E-state index in [0.29, 0.717) is 6.54 Å². The summed E-state index contributed by atoms with van der Waals surface area (Å²) in [5, 5.41) is 0. The highest BCUT2D eigenvalue weighted by molar-refractivity contribution is 7.88. The average Bonchev–Trinajstić information content (AvgIpc) is 3.32. The summed E-state index contributed by atoms with van der Waals surface area (Å²) < 4.78 is 27.3. The number of nitrogens with zero attached hydrogens (tertiary/aromatic N) is 2. The predicted octanol–water partition coefficient (Wildman–Crippen LogP) is 2.88. The van der Waals surface area contributed by atoms with Crippen LogP contribution >= 0.6 is 0 Å². The molecular formula is C17H20N2O2S. The molecule has 116 valence electrons. The lowest BCUT2D eigenvalue weighted by atomic mass is 10.1. The average molecular weight is 316 g/mol. The molecule has 0 aliphatic heterocycles. The third-order valence-electron chi connectivity index (χ3n) is 3.97. The third kappa shape index (κ3) is 3.54. The van der Waals surface area contributed by atoms with E-state index in [1.807, 2.05) is 43.3 Å². The van der Waals surface area contributed by atoms with Gasteiger partial charge in [0.25, 0.3) is 0 Å². The van der Waals surface area contributed by atoms with Gasteiger partial charge >= 0.3 is 0 Å². The van der Waals surface area contributed by atoms with Crippen LogP contribution in [0.3, 0.4) is 0 Å². The summed E-state index contributed by atoms with van der Waals surface area (Å²) in [7, 11) is -3.33. The first-order valence-electron chi connectivity index (χ1n) is 7.49. The minimum atomic E-state index is -3.33. The van der Waals surface area contributed by atoms with Crippen molar-refractivity contribution in [2.45, 2.75) is 38.1 Å². The first kappa shape index (κ1) is 15.2. The maximum atomic E-state index is 12.8. The van der Waals surface area contributed by atoms with Crippen LogP contribution in [0.4, 0.5) is 0 Å². The summed E-state index contributed by atoms with van der Waals surface area (Å²) >= 11 is 0. The lowest BCUT2D eigenvalue weighted by molar-refractivity contribution is 0.397. The number of pyridine rings is 1. The molecule has 1 aromatic carbocycles. The van der Waals surface area contributed by atoms with Crippen LogP contribution in [0.1, 0.15) is 29.5 Å². The topological polar surface area (TPSA) is 50.3 Å². The summed E-state index contributed by atoms with van der Waals surface area (Å²) in [6.45, 7) is 2.36. The second kappa shape index (κ2) is 6.18. The van der Waals surface area contributed by atoms with Gasteiger partial charge in [0.1, 0.15) is 0 Å². The van der Waals surface area contributed by atoms with Gasteiger partial charge in [-0.25, -0.2) is 8.42 Å². The van der Waals surface area contributed by atoms with Gasteiger partial charge in [-0.05, 0) is 42.5 Å². The van der Waals surface area contributed by atoms with Gasteiger partial charge < -0.3 is 0 Å². The Hall–Kier alpha value is -1.72. The quantitative estimate of drug-likeness (QED) is 0.823. The molecule has 2 aromatic rings. The molecule has 5 heteroatoms. The maximum Gasteiger partial charge on any atom is 0.218 e. The van der Waals surface area contributed by atoms with E-state index < -0.39 is 10.0 Å². The largest absolute Gasteiger partial charge is 0.264 e. The van der Waals surface area contributed by atoms with Crippen molar-refractivity contribution >= 4 is 10.0 Å². The van der Waals surface area contributed by atoms with Crippen LogP contribution in [0.25, 0.3) is 0 Å². The van der Waals surface area contributed by atoms with Crippen molar-refractivity contribution in [3.63, 3.8) is 0 Å². The van der Waals surface area contributed by atoms with E-state index in [0.717, 1.165) is 29.5 Å². The normalized spacial score (nSPS) is 15.2. The molecule has 0 spiro atoms. The number of aromatic nitrogens is 1. The molecule has 0 saturated heterocycles. The van der Waals surface area contributed by atoms with Crippen molar-refractivity contribution in [2.75, 3.05) is 0 Å². The molecule has 1 aromatic heterocycles. The van der Waals surface area contributed by atoms with Crippen LogP contribution in [-0.4, -0.2) is 23.7 Å². The van der Waals surface area contributed by atoms with Crippen LogP contribution in [0.5, 0.6) is 0 Å². The third-order valence-corrected chi connectivity index (χ3v) is 5.79. The fraction of sp³-hybridized carbons (Fsp3) is 0.353. The van der Waals surface area contributed by atoms with E-state index >= 15 is 0 Å². The molecule has 0 bridgehead atoms. The van der Waals surface area contributed by atoms with E-state index in [4.69, 9.17) is 0 Å². The zero-order chi connectivity index (χ0) is 15.6. The summed E-state index contributed by atoms with van der Waals surface area (Å²) in [5.41, 5.74) is 2.82. The minimum Gasteiger partial charge on any atom is -0.264 e. The van der Waals surface area contributed by atoms with Crippen molar-refractivity contribution in [2.24, 2.45) is 0 Å². The number of hydrogen-bond donors (Lipinski definition) is 0. The van der Waals surface area contributed by atoms with Crippen LogP contribution in [0.15, 0.2) is 48.8 Å². The van der Waals surface area contributed by atoms with Gasteiger partial charge in [-0.15, -0.1) is 0 Å². The van der Waals surface area contributed by atoms with E-state index in [-0.39, 0.29) is 11.8 Å². The molecule has 0 unspecified atom stereocenters. The Morgan fingerprint density at radius 3 is 2.59 bits per heavy atom. The van der Waals surface area contributed by atoms with Crippen LogP contribution in [-0.2, 0) is 22.3 Å². The van der Waals surface area contributed by atoms with Gasteiger partial charge in [0.15, 0.2) is 0 Å². The van der Waals surface area contributed by atoms with E-state index in [9.17, 15) is 8.42 Å². The molecule has 3 rings (SSSR count). The second-order valence-electron chi connectivity index (χ2n) is 5.82. The molecule has 1 aliphatic rings. The number of aryl methyl sites for hydroxylation is 1. The second-order valence-corrected chi connectivity index (χ2v) is 7.74. The van der Waals surface area contributed by atoms with Gasteiger partial charge in [0, 0.05) is 25.0 Å². The first-order chi connectivity index (χ1) is 10.6. The first-order valence-corrected chi connectivity index (χ1v) is 9.10. The number of hydrogen-bond acceptors (Lipinski definition) is 3. The number of sulfonamides is 1. The highest BCUT2D eigenvalue weighted by atomic mass is 32.2. The fourth-order valence-corrected chi connectivity index (χ4v) is 4.43. The van der Waals surface area contributed by atoms with Crippen molar-refractivity contribution < 1.29 is 8.42 Å². The van der Waals surface area contributed by atoms with Crippen molar-refractivity contribution in [1.29, 1.82) is 0 Å². The highest BCUT2D eigenvalue weighted by Crippen LogP contribution is 2.32. The van der Waals surface area contributed by atoms with Crippen molar-refractivity contribution in [3.05, 3.63) is 65.5 Å². The molecule has 4 nitrogen and oxygen atoms in total. The lowest BCUT2D eigenvalue weighted by Gasteiger charge is -2.22. The Bertz CT molecular complexity index is 740. The van der Waals surface area contributed by atoms with Crippen LogP contribution < -0.4 is 0 Å². The minimum absolute atomic E-state index is 0.0659. The molecule has 1 aliphatic carbocycles. The summed E-state index contributed by atoms with van der Waals surface area (Å²) in [6.07, 6.45) is 5.34. The Labute approximate surface area is 131 Å². The smallest absolute Gasteiger partial charge is 0.218 e. The van der Waals surface area contributed by atoms with E-state index in [1.165, 1.54) is 0 Å². The van der Waals surface area contributed by atoms with E-state index in [2.05, 4.69) is 4.98 Å². The molecule has 0 N–H and O–H groups in total. The Morgan fingerprint density at radius 2 is 1.95 bits per heavy atom. The Morgan fingerprint density at radius 1 is 1.18 bits per heavy atom. The van der Waals surface area contributed by atoms with E-state index in [1.54, 1.807) is 16.7 Å². The standard InChI is InChI=1S/C17H20N2O2S/c1-14-5-2-3-7-16(14)13-22(20,21)19(17-8-9-17)12-15-6-4-10-18-11-15/h2-7,10-11,17H,8-9,12-13H2,1H3. The Balaban J connectivity index is 1.83. The lowest BCUT2D eigenvalue weighted by Crippen LogP contribution is -2.33. The van der Waals surface area contributed by atoms with Crippen LogP contribution in [0.2, 0.25) is 0 Å². The molecule has 1 saturated carbocycles. The number of benzene rings is 1. The zero-order valence-electron chi connectivity index (χ0n) is 12.6. The monoisotopic (exact) mass is 316 g/mol. The van der Waals surface area contributed by atoms with Crippen molar-refractivity contribution in [3.8, 4) is 0 Å². The summed E-state index contributed by atoms with van der Waals surface area (Å²) in [4.78, 5) is 4.08. The number of rotatable bonds is 6. The SMILES string of the molecule is Cc1ccccc1CS(=O)(=O)N(Cc1cccnc1)C1CC1. The van der Waals surface area contributed by atoms with Gasteiger partial charge in [-0.3, -0.25) is 4.98 Å². The van der Waals surface area contributed by atoms with Gasteiger partial charge in [0.05, 0.1) is 5.75 Å². The summed E-state index contributed by atoms with van der Waals surface area (Å²) in [6, 6.07) is 11.6. The molecule has 22 heavy (non-hydrogen) atoms. The summed E-state index contributed by atoms with van der Waals surface area (Å²) in [5.74, 6) is 0.0659. The Kier molecular flexibility index (Phi) is 4.27. The molecular weight excluding hydrogens is 296 g/mol. The molecule has 0 radical (unpaired) electrons. The molecule has 0 atom stereocenters. The van der Waals surface area contributed by atoms with Gasteiger partial charge in [-0.1, -0.05) is 30.3 Å².